The molecule has 18 nitrogen and oxygen atoms in total. The SMILES string of the molecule is O=C1CCN(N2C(=O)c3ccc(N4CC5CC[C@H](C4)N5CC4CCC(n5cc(NC(=O)c6cnn7ccc(N8C[C@H]9C[C@@H]8CO9)nc67)c(C(F)F)n5)CC4)cc3C2=O)C(=O)N1. The predicted molar refractivity (Wildman–Crippen MR) is 212 cm³/mol. The van der Waals surface area contributed by atoms with E-state index in [1.807, 2.05) is 12.1 Å². The number of amides is 6. The van der Waals surface area contributed by atoms with Gasteiger partial charge in [-0.05, 0) is 75.1 Å². The van der Waals surface area contributed by atoms with Crippen LogP contribution in [0.25, 0.3) is 5.65 Å². The maximum absolute atomic E-state index is 14.4. The first-order valence-electron chi connectivity index (χ1n) is 21.1. The van der Waals surface area contributed by atoms with E-state index in [-0.39, 0.29) is 53.5 Å². The number of urea groups is 1. The van der Waals surface area contributed by atoms with E-state index in [0.717, 1.165) is 92.6 Å². The smallest absolute Gasteiger partial charge is 0.343 e. The van der Waals surface area contributed by atoms with Gasteiger partial charge in [0, 0.05) is 62.8 Å². The third kappa shape index (κ3) is 6.48. The molecule has 5 saturated heterocycles. The molecule has 6 amide bonds. The molecule has 20 heteroatoms. The van der Waals surface area contributed by atoms with Crippen LogP contribution >= 0.6 is 0 Å². The quantitative estimate of drug-likeness (QED) is 0.234. The average Bonchev–Trinajstić information content (AvgIpc) is 4.12. The third-order valence-electron chi connectivity index (χ3n) is 13.8. The highest BCUT2D eigenvalue weighted by molar-refractivity contribution is 6.22. The van der Waals surface area contributed by atoms with E-state index in [1.54, 1.807) is 23.0 Å². The number of morpholine rings is 1. The number of imide groups is 2. The average molecular weight is 839 g/mol. The summed E-state index contributed by atoms with van der Waals surface area (Å²) in [6, 6.07) is 7.10. The van der Waals surface area contributed by atoms with Crippen LogP contribution in [0.2, 0.25) is 0 Å². The third-order valence-corrected chi connectivity index (χ3v) is 13.8. The molecule has 1 saturated carbocycles. The van der Waals surface area contributed by atoms with E-state index >= 15 is 0 Å². The van der Waals surface area contributed by atoms with Gasteiger partial charge >= 0.3 is 6.03 Å². The summed E-state index contributed by atoms with van der Waals surface area (Å²) in [5.74, 6) is -1.05. The molecule has 1 aliphatic carbocycles. The van der Waals surface area contributed by atoms with Crippen LogP contribution in [0.4, 0.5) is 30.8 Å². The number of halogens is 2. The number of hydrazine groups is 1. The second kappa shape index (κ2) is 14.6. The minimum atomic E-state index is -2.88. The van der Waals surface area contributed by atoms with Gasteiger partial charge in [-0.15, -0.1) is 0 Å². The highest BCUT2D eigenvalue weighted by atomic mass is 19.3. The highest BCUT2D eigenvalue weighted by Crippen LogP contribution is 2.40. The van der Waals surface area contributed by atoms with Crippen molar-refractivity contribution in [2.75, 3.05) is 54.4 Å². The largest absolute Gasteiger partial charge is 0.374 e. The standard InChI is InChI=1S/C41H44F2N12O6/c42-36(43)35-32(45-38(57)31-15-44-52-11-9-33(46-37(31)52)51-19-28-13-27(51)21-61-28)20-53(48-35)23-3-1-22(2-4-23)16-50-25-5-6-26(50)18-49(17-25)24-7-8-29-30(14-24)40(59)55(39(29)58)54-12-10-34(56)47-41(54)60/h7-9,11,14-15,20,22-23,25-28,36H,1-6,10,12-13,16-19,21H2,(H,45,57)(H,47,56,60)/t22?,23?,25-,26?,27-,28-/m1/s1. The van der Waals surface area contributed by atoms with Gasteiger partial charge in [0.2, 0.25) is 5.91 Å². The molecule has 318 valence electrons. The molecule has 0 spiro atoms. The van der Waals surface area contributed by atoms with Gasteiger partial charge in [-0.1, -0.05) is 0 Å². The van der Waals surface area contributed by atoms with Crippen molar-refractivity contribution in [1.82, 2.24) is 44.6 Å². The molecule has 6 fully saturated rings. The Hall–Kier alpha value is -6.02. The molecule has 4 bridgehead atoms. The van der Waals surface area contributed by atoms with Crippen LogP contribution in [-0.2, 0) is 9.53 Å². The molecule has 6 aliphatic heterocycles. The zero-order valence-electron chi connectivity index (χ0n) is 33.2. The van der Waals surface area contributed by atoms with Gasteiger partial charge in [0.05, 0.1) is 54.4 Å². The van der Waals surface area contributed by atoms with Crippen molar-refractivity contribution in [3.8, 4) is 0 Å². The van der Waals surface area contributed by atoms with Crippen LogP contribution in [0.1, 0.15) is 101 Å². The first-order chi connectivity index (χ1) is 29.6. The number of aromatic nitrogens is 5. The number of carbonyl (C=O) groups excluding carboxylic acids is 5. The molecule has 3 aromatic heterocycles. The second-order valence-corrected chi connectivity index (χ2v) is 17.3. The molecule has 4 aromatic rings. The number of rotatable bonds is 9. The Kier molecular flexibility index (Phi) is 9.06. The molecule has 11 rings (SSSR count). The summed E-state index contributed by atoms with van der Waals surface area (Å²) in [4.78, 5) is 76.1. The van der Waals surface area contributed by atoms with Crippen molar-refractivity contribution < 1.29 is 37.5 Å². The molecule has 0 radical (unpaired) electrons. The molecule has 4 atom stereocenters. The minimum Gasteiger partial charge on any atom is -0.374 e. The maximum atomic E-state index is 14.4. The van der Waals surface area contributed by atoms with Gasteiger partial charge in [-0.3, -0.25) is 34.1 Å². The van der Waals surface area contributed by atoms with Crippen molar-refractivity contribution in [3.05, 3.63) is 65.2 Å². The summed E-state index contributed by atoms with van der Waals surface area (Å²) in [6.45, 7) is 3.79. The summed E-state index contributed by atoms with van der Waals surface area (Å²) in [7, 11) is 0. The van der Waals surface area contributed by atoms with E-state index in [0.29, 0.717) is 30.3 Å². The van der Waals surface area contributed by atoms with E-state index in [4.69, 9.17) is 9.72 Å². The lowest BCUT2D eigenvalue weighted by Crippen LogP contribution is -2.58. The number of nitrogens with one attached hydrogen (secondary N) is 2. The Morgan fingerprint density at radius 2 is 1.70 bits per heavy atom. The van der Waals surface area contributed by atoms with Gasteiger partial charge in [-0.2, -0.15) is 15.2 Å². The van der Waals surface area contributed by atoms with Gasteiger partial charge < -0.3 is 19.9 Å². The molecule has 2 N–H and O–H groups in total. The number of alkyl halides is 2. The number of hydrogen-bond acceptors (Lipinski definition) is 12. The number of carbonyl (C=O) groups is 5. The first kappa shape index (κ1) is 37.9. The van der Waals surface area contributed by atoms with Crippen LogP contribution in [0.15, 0.2) is 42.9 Å². The topological polar surface area (TPSA) is 183 Å². The normalized spacial score (nSPS) is 27.6. The van der Waals surface area contributed by atoms with Crippen LogP contribution < -0.4 is 20.4 Å². The number of ether oxygens (including phenoxy) is 1. The Bertz CT molecular complexity index is 2470. The Labute approximate surface area is 347 Å². The highest BCUT2D eigenvalue weighted by Gasteiger charge is 2.45. The summed E-state index contributed by atoms with van der Waals surface area (Å²) in [6.07, 6.45) is 8.38. The van der Waals surface area contributed by atoms with Crippen molar-refractivity contribution in [2.45, 2.75) is 88.1 Å². The molecule has 61 heavy (non-hydrogen) atoms. The fourth-order valence-corrected chi connectivity index (χ4v) is 10.7. The van der Waals surface area contributed by atoms with Crippen molar-refractivity contribution >= 4 is 52.5 Å². The fraction of sp³-hybridized carbons (Fsp3) is 0.512. The summed E-state index contributed by atoms with van der Waals surface area (Å²) in [5, 5.41) is 15.3. The Balaban J connectivity index is 0.714. The lowest BCUT2D eigenvalue weighted by atomic mass is 9.85. The van der Waals surface area contributed by atoms with Crippen molar-refractivity contribution in [2.24, 2.45) is 5.92 Å². The van der Waals surface area contributed by atoms with Gasteiger partial charge in [0.15, 0.2) is 11.3 Å². The summed E-state index contributed by atoms with van der Waals surface area (Å²) < 4.78 is 37.5. The number of piperazine rings is 1. The van der Waals surface area contributed by atoms with Crippen LogP contribution in [-0.4, -0.2) is 133 Å². The van der Waals surface area contributed by atoms with E-state index in [2.05, 4.69) is 35.5 Å². The van der Waals surface area contributed by atoms with E-state index in [9.17, 15) is 32.8 Å². The predicted octanol–water partition coefficient (Wildman–Crippen LogP) is 3.63. The molecule has 1 aromatic carbocycles. The zero-order chi connectivity index (χ0) is 41.7. The van der Waals surface area contributed by atoms with Crippen LogP contribution in [0.3, 0.4) is 0 Å². The van der Waals surface area contributed by atoms with E-state index in [1.165, 1.54) is 16.9 Å². The molecule has 1 unspecified atom stereocenters. The Morgan fingerprint density at radius 1 is 0.934 bits per heavy atom. The monoisotopic (exact) mass is 838 g/mol. The van der Waals surface area contributed by atoms with Crippen LogP contribution in [0, 0.1) is 5.92 Å². The molecule has 9 heterocycles. The summed E-state index contributed by atoms with van der Waals surface area (Å²) in [5.41, 5.74) is 1.35. The minimum absolute atomic E-state index is 0.00420. The van der Waals surface area contributed by atoms with E-state index < -0.39 is 41.8 Å². The van der Waals surface area contributed by atoms with Crippen molar-refractivity contribution in [3.63, 3.8) is 0 Å². The number of fused-ring (bicyclic) bond motifs is 6. The summed E-state index contributed by atoms with van der Waals surface area (Å²) >= 11 is 0. The molecule has 7 aliphatic rings. The first-order valence-corrected chi connectivity index (χ1v) is 21.1. The fourth-order valence-electron chi connectivity index (χ4n) is 10.7. The zero-order valence-corrected chi connectivity index (χ0v) is 33.2. The Morgan fingerprint density at radius 3 is 2.43 bits per heavy atom. The van der Waals surface area contributed by atoms with Gasteiger partial charge in [0.25, 0.3) is 24.1 Å². The molecular weight excluding hydrogens is 795 g/mol. The number of anilines is 3. The number of nitrogens with zero attached hydrogens (tertiary/aromatic N) is 10. The maximum Gasteiger partial charge on any atom is 0.343 e. The van der Waals surface area contributed by atoms with Gasteiger partial charge in [-0.25, -0.2) is 28.1 Å². The van der Waals surface area contributed by atoms with Gasteiger partial charge in [0.1, 0.15) is 11.4 Å². The number of hydrogen-bond donors (Lipinski definition) is 2. The molecular formula is C41H44F2N12O6. The van der Waals surface area contributed by atoms with Crippen LogP contribution in [0.5, 0.6) is 0 Å². The second-order valence-electron chi connectivity index (χ2n) is 17.3. The number of benzene rings is 1. The van der Waals surface area contributed by atoms with Crippen molar-refractivity contribution in [1.29, 1.82) is 0 Å². The lowest BCUT2D eigenvalue weighted by Gasteiger charge is -2.44. The lowest BCUT2D eigenvalue weighted by molar-refractivity contribution is -0.122.